The Hall–Kier alpha value is -1.06. The molecule has 2 aliphatic rings. The molecule has 0 heterocycles. The van der Waals surface area contributed by atoms with Crippen LogP contribution in [0.3, 0.4) is 0 Å². The first kappa shape index (κ1) is 13.4. The molecule has 0 radical (unpaired) electrons. The number of esters is 2. The van der Waals surface area contributed by atoms with E-state index in [0.29, 0.717) is 0 Å². The zero-order chi connectivity index (χ0) is 13.7. The molecule has 0 aromatic rings. The maximum absolute atomic E-state index is 11.2. The molecule has 0 aromatic heterocycles. The van der Waals surface area contributed by atoms with E-state index in [9.17, 15) is 9.59 Å². The normalized spacial score (nSPS) is 40.6. The number of ether oxygens (including phenoxy) is 2. The van der Waals surface area contributed by atoms with Gasteiger partial charge in [-0.3, -0.25) is 9.59 Å². The molecule has 0 aromatic carbocycles. The molecule has 4 heteroatoms. The molecule has 2 rings (SSSR count). The van der Waals surface area contributed by atoms with Crippen molar-refractivity contribution in [2.45, 2.75) is 59.7 Å². The van der Waals surface area contributed by atoms with Gasteiger partial charge in [-0.25, -0.2) is 0 Å². The van der Waals surface area contributed by atoms with Crippen molar-refractivity contribution >= 4 is 11.9 Å². The zero-order valence-corrected chi connectivity index (χ0v) is 11.8. The first-order chi connectivity index (χ1) is 8.18. The highest BCUT2D eigenvalue weighted by Gasteiger charge is 2.67. The number of rotatable bonds is 2. The minimum atomic E-state index is -0.228. The lowest BCUT2D eigenvalue weighted by Gasteiger charge is -2.38. The van der Waals surface area contributed by atoms with Gasteiger partial charge in [-0.05, 0) is 18.3 Å². The van der Waals surface area contributed by atoms with Crippen LogP contribution in [0, 0.1) is 16.7 Å². The molecular formula is C14H22O4. The predicted octanol–water partition coefficient (Wildman–Crippen LogP) is 2.31. The van der Waals surface area contributed by atoms with Crippen molar-refractivity contribution in [2.24, 2.45) is 16.7 Å². The topological polar surface area (TPSA) is 52.6 Å². The Morgan fingerprint density at radius 3 is 2.00 bits per heavy atom. The third-order valence-electron chi connectivity index (χ3n) is 5.28. The van der Waals surface area contributed by atoms with Gasteiger partial charge in [0.25, 0.3) is 0 Å². The molecule has 2 fully saturated rings. The van der Waals surface area contributed by atoms with E-state index in [1.165, 1.54) is 13.8 Å². The van der Waals surface area contributed by atoms with Crippen molar-refractivity contribution in [3.8, 4) is 0 Å². The van der Waals surface area contributed by atoms with Crippen LogP contribution in [0.1, 0.15) is 47.5 Å². The molecule has 4 nitrogen and oxygen atoms in total. The third-order valence-corrected chi connectivity index (χ3v) is 5.28. The van der Waals surface area contributed by atoms with Crippen molar-refractivity contribution in [2.75, 3.05) is 0 Å². The van der Waals surface area contributed by atoms with Crippen LogP contribution < -0.4 is 0 Å². The molecule has 2 bridgehead atoms. The lowest BCUT2D eigenvalue weighted by molar-refractivity contribution is -0.160. The highest BCUT2D eigenvalue weighted by Crippen LogP contribution is 2.66. The summed E-state index contributed by atoms with van der Waals surface area (Å²) in [5, 5.41) is 0. The second kappa shape index (κ2) is 3.97. The van der Waals surface area contributed by atoms with Crippen molar-refractivity contribution in [3.05, 3.63) is 0 Å². The fourth-order valence-corrected chi connectivity index (χ4v) is 3.91. The summed E-state index contributed by atoms with van der Waals surface area (Å²) in [7, 11) is 0. The summed E-state index contributed by atoms with van der Waals surface area (Å²) in [6.07, 6.45) is 1.49. The van der Waals surface area contributed by atoms with Crippen LogP contribution in [0.15, 0.2) is 0 Å². The summed E-state index contributed by atoms with van der Waals surface area (Å²) in [5.41, 5.74) is -0.0866. The van der Waals surface area contributed by atoms with E-state index in [2.05, 4.69) is 20.8 Å². The molecule has 0 aliphatic heterocycles. The standard InChI is InChI=1S/C14H22O4/c1-8(15)17-11-7-14(5)12(18-9(2)16)6-10(11)13(14,3)4/h10-12H,6-7H2,1-5H3. The Morgan fingerprint density at radius 1 is 1.06 bits per heavy atom. The SMILES string of the molecule is CC(=O)OC1CC2(C)C(OC(C)=O)CC1C2(C)C. The second-order valence-electron chi connectivity index (χ2n) is 6.43. The number of carbonyl (C=O) groups excluding carboxylic acids is 2. The molecule has 102 valence electrons. The van der Waals surface area contributed by atoms with Crippen molar-refractivity contribution < 1.29 is 19.1 Å². The number of hydrogen-bond donors (Lipinski definition) is 0. The van der Waals surface area contributed by atoms with Gasteiger partial charge in [-0.1, -0.05) is 20.8 Å². The summed E-state index contributed by atoms with van der Waals surface area (Å²) < 4.78 is 10.9. The lowest BCUT2D eigenvalue weighted by Crippen LogP contribution is -2.39. The summed E-state index contributed by atoms with van der Waals surface area (Å²) in [6.45, 7) is 9.41. The van der Waals surface area contributed by atoms with Gasteiger partial charge in [0, 0.05) is 25.2 Å². The molecule has 2 saturated carbocycles. The molecule has 18 heavy (non-hydrogen) atoms. The monoisotopic (exact) mass is 254 g/mol. The van der Waals surface area contributed by atoms with E-state index < -0.39 is 0 Å². The Kier molecular flexibility index (Phi) is 2.95. The van der Waals surface area contributed by atoms with Crippen LogP contribution in [0.4, 0.5) is 0 Å². The predicted molar refractivity (Wildman–Crippen MR) is 65.7 cm³/mol. The van der Waals surface area contributed by atoms with Crippen LogP contribution in [0.2, 0.25) is 0 Å². The summed E-state index contributed by atoms with van der Waals surface area (Å²) in [4.78, 5) is 22.3. The highest BCUT2D eigenvalue weighted by atomic mass is 16.6. The van der Waals surface area contributed by atoms with Gasteiger partial charge in [0.15, 0.2) is 0 Å². The Balaban J connectivity index is 2.21. The molecular weight excluding hydrogens is 232 g/mol. The fraction of sp³-hybridized carbons (Fsp3) is 0.857. The summed E-state index contributed by atoms with van der Waals surface area (Å²) in [5.74, 6) is -0.180. The zero-order valence-electron chi connectivity index (χ0n) is 11.8. The summed E-state index contributed by atoms with van der Waals surface area (Å²) >= 11 is 0. The third kappa shape index (κ3) is 1.73. The van der Waals surface area contributed by atoms with Crippen LogP contribution in [0.25, 0.3) is 0 Å². The highest BCUT2D eigenvalue weighted by molar-refractivity contribution is 5.67. The average molecular weight is 254 g/mol. The largest absolute Gasteiger partial charge is 0.462 e. The van der Waals surface area contributed by atoms with Crippen LogP contribution >= 0.6 is 0 Å². The van der Waals surface area contributed by atoms with Gasteiger partial charge in [-0.2, -0.15) is 0 Å². The van der Waals surface area contributed by atoms with Gasteiger partial charge >= 0.3 is 11.9 Å². The van der Waals surface area contributed by atoms with Crippen molar-refractivity contribution in [3.63, 3.8) is 0 Å². The van der Waals surface area contributed by atoms with E-state index in [1.54, 1.807) is 0 Å². The van der Waals surface area contributed by atoms with E-state index >= 15 is 0 Å². The summed E-state index contributed by atoms with van der Waals surface area (Å²) in [6, 6.07) is 0. The van der Waals surface area contributed by atoms with Crippen LogP contribution in [0.5, 0.6) is 0 Å². The first-order valence-corrected chi connectivity index (χ1v) is 6.53. The Labute approximate surface area is 108 Å². The van der Waals surface area contributed by atoms with E-state index in [-0.39, 0.29) is 40.9 Å². The maximum Gasteiger partial charge on any atom is 0.302 e. The lowest BCUT2D eigenvalue weighted by atomic mass is 9.70. The van der Waals surface area contributed by atoms with Gasteiger partial charge in [-0.15, -0.1) is 0 Å². The molecule has 0 saturated heterocycles. The molecule has 4 atom stereocenters. The number of hydrogen-bond acceptors (Lipinski definition) is 4. The minimum Gasteiger partial charge on any atom is -0.462 e. The minimum absolute atomic E-state index is 0.0211. The average Bonchev–Trinajstić information content (AvgIpc) is 2.46. The van der Waals surface area contributed by atoms with E-state index in [1.807, 2.05) is 0 Å². The van der Waals surface area contributed by atoms with E-state index in [4.69, 9.17) is 9.47 Å². The molecule has 4 unspecified atom stereocenters. The van der Waals surface area contributed by atoms with Crippen molar-refractivity contribution in [1.82, 2.24) is 0 Å². The molecule has 0 amide bonds. The molecule has 0 N–H and O–H groups in total. The maximum atomic E-state index is 11.2. The Bertz CT molecular complexity index is 387. The van der Waals surface area contributed by atoms with Gasteiger partial charge in [0.1, 0.15) is 12.2 Å². The van der Waals surface area contributed by atoms with Gasteiger partial charge in [0.2, 0.25) is 0 Å². The van der Waals surface area contributed by atoms with E-state index in [0.717, 1.165) is 12.8 Å². The van der Waals surface area contributed by atoms with Gasteiger partial charge < -0.3 is 9.47 Å². The molecule has 0 spiro atoms. The van der Waals surface area contributed by atoms with Gasteiger partial charge in [0.05, 0.1) is 0 Å². The van der Waals surface area contributed by atoms with Crippen molar-refractivity contribution in [1.29, 1.82) is 0 Å². The number of carbonyl (C=O) groups is 2. The fourth-order valence-electron chi connectivity index (χ4n) is 3.91. The first-order valence-electron chi connectivity index (χ1n) is 6.53. The van der Waals surface area contributed by atoms with Crippen LogP contribution in [-0.2, 0) is 19.1 Å². The molecule has 2 aliphatic carbocycles. The second-order valence-corrected chi connectivity index (χ2v) is 6.43. The smallest absolute Gasteiger partial charge is 0.302 e. The quantitative estimate of drug-likeness (QED) is 0.710. The Morgan fingerprint density at radius 2 is 1.61 bits per heavy atom. The van der Waals surface area contributed by atoms with Crippen LogP contribution in [-0.4, -0.2) is 24.1 Å². The number of fused-ring (bicyclic) bond motifs is 2.